The van der Waals surface area contributed by atoms with Crippen molar-refractivity contribution in [2.24, 2.45) is 0 Å². The summed E-state index contributed by atoms with van der Waals surface area (Å²) in [6, 6.07) is 5.97. The summed E-state index contributed by atoms with van der Waals surface area (Å²) in [6.45, 7) is 2.91. The first-order valence-electron chi connectivity index (χ1n) is 6.32. The molecule has 1 aromatic carbocycles. The van der Waals surface area contributed by atoms with Crippen LogP contribution in [0.1, 0.15) is 31.2 Å². The Labute approximate surface area is 100 Å². The van der Waals surface area contributed by atoms with Crippen LogP contribution in [0.5, 0.6) is 0 Å². The quantitative estimate of drug-likeness (QED) is 0.750. The minimum absolute atomic E-state index is 0.155. The number of benzene rings is 1. The molecule has 88 valence electrons. The number of nitrogens with zero attached hydrogens (tertiary/aromatic N) is 2. The van der Waals surface area contributed by atoms with Crippen molar-refractivity contribution in [3.63, 3.8) is 0 Å². The molecule has 0 atom stereocenters. The molecular formula is C14H16N2O. The molecule has 0 N–H and O–H groups in total. The maximum absolute atomic E-state index is 12.5. The summed E-state index contributed by atoms with van der Waals surface area (Å²) in [6.07, 6.45) is 4.05. The highest BCUT2D eigenvalue weighted by molar-refractivity contribution is 5.81. The zero-order valence-electron chi connectivity index (χ0n) is 10.1. The minimum atomic E-state index is 0.155. The van der Waals surface area contributed by atoms with Crippen molar-refractivity contribution in [3.8, 4) is 0 Å². The van der Waals surface area contributed by atoms with E-state index in [4.69, 9.17) is 0 Å². The van der Waals surface area contributed by atoms with Crippen LogP contribution in [0.25, 0.3) is 10.9 Å². The Morgan fingerprint density at radius 2 is 2.24 bits per heavy atom. The fourth-order valence-corrected chi connectivity index (χ4v) is 2.65. The third kappa shape index (κ3) is 1.57. The fourth-order valence-electron chi connectivity index (χ4n) is 2.65. The average molecular weight is 228 g/mol. The van der Waals surface area contributed by atoms with Gasteiger partial charge in [-0.05, 0) is 30.9 Å². The van der Waals surface area contributed by atoms with Gasteiger partial charge in [0.05, 0.1) is 10.9 Å². The van der Waals surface area contributed by atoms with Crippen molar-refractivity contribution in [1.29, 1.82) is 0 Å². The van der Waals surface area contributed by atoms with E-state index < -0.39 is 0 Å². The third-order valence-corrected chi connectivity index (χ3v) is 3.56. The molecule has 0 spiro atoms. The molecule has 1 aliphatic heterocycles. The largest absolute Gasteiger partial charge is 0.296 e. The normalized spacial score (nSPS) is 14.9. The minimum Gasteiger partial charge on any atom is -0.296 e. The SMILES string of the molecule is CCc1cccc2nc3n(c(=O)c12)CCCC3. The van der Waals surface area contributed by atoms with Crippen LogP contribution < -0.4 is 5.56 Å². The van der Waals surface area contributed by atoms with E-state index in [9.17, 15) is 4.79 Å². The summed E-state index contributed by atoms with van der Waals surface area (Å²) in [4.78, 5) is 17.1. The van der Waals surface area contributed by atoms with Gasteiger partial charge in [0.1, 0.15) is 5.82 Å². The molecule has 3 heteroatoms. The predicted octanol–water partition coefficient (Wildman–Crippen LogP) is 2.30. The maximum atomic E-state index is 12.5. The van der Waals surface area contributed by atoms with Crippen LogP contribution in [0, 0.1) is 0 Å². The number of aryl methyl sites for hydroxylation is 2. The zero-order valence-corrected chi connectivity index (χ0v) is 10.1. The van der Waals surface area contributed by atoms with E-state index in [1.807, 2.05) is 22.8 Å². The summed E-state index contributed by atoms with van der Waals surface area (Å²) in [7, 11) is 0. The third-order valence-electron chi connectivity index (χ3n) is 3.56. The van der Waals surface area contributed by atoms with Gasteiger partial charge in [0.2, 0.25) is 0 Å². The smallest absolute Gasteiger partial charge is 0.261 e. The van der Waals surface area contributed by atoms with E-state index in [1.165, 1.54) is 0 Å². The fraction of sp³-hybridized carbons (Fsp3) is 0.429. The maximum Gasteiger partial charge on any atom is 0.261 e. The van der Waals surface area contributed by atoms with Gasteiger partial charge in [-0.25, -0.2) is 4.98 Å². The first-order valence-corrected chi connectivity index (χ1v) is 6.32. The lowest BCUT2D eigenvalue weighted by Crippen LogP contribution is -2.28. The standard InChI is InChI=1S/C14H16N2O/c1-2-10-6-5-7-11-13(10)14(17)16-9-4-3-8-12(16)15-11/h5-7H,2-4,8-9H2,1H3. The Kier molecular flexibility index (Phi) is 2.46. The second-order valence-electron chi connectivity index (χ2n) is 4.61. The summed E-state index contributed by atoms with van der Waals surface area (Å²) in [5.74, 6) is 0.960. The van der Waals surface area contributed by atoms with Gasteiger partial charge in [-0.2, -0.15) is 0 Å². The molecule has 2 aromatic rings. The zero-order chi connectivity index (χ0) is 11.8. The summed E-state index contributed by atoms with van der Waals surface area (Å²) < 4.78 is 1.87. The van der Waals surface area contributed by atoms with Crippen LogP contribution in [0.15, 0.2) is 23.0 Å². The van der Waals surface area contributed by atoms with E-state index in [-0.39, 0.29) is 5.56 Å². The van der Waals surface area contributed by atoms with Gasteiger partial charge < -0.3 is 0 Å². The molecule has 17 heavy (non-hydrogen) atoms. The summed E-state index contributed by atoms with van der Waals surface area (Å²) >= 11 is 0. The van der Waals surface area contributed by atoms with Crippen LogP contribution in [-0.4, -0.2) is 9.55 Å². The van der Waals surface area contributed by atoms with Crippen LogP contribution in [-0.2, 0) is 19.4 Å². The molecule has 3 nitrogen and oxygen atoms in total. The van der Waals surface area contributed by atoms with Gasteiger partial charge in [-0.15, -0.1) is 0 Å². The molecule has 0 saturated carbocycles. The van der Waals surface area contributed by atoms with E-state index >= 15 is 0 Å². The van der Waals surface area contributed by atoms with Crippen LogP contribution in [0.3, 0.4) is 0 Å². The Balaban J connectivity index is 2.41. The van der Waals surface area contributed by atoms with E-state index in [1.54, 1.807) is 0 Å². The second kappa shape index (κ2) is 3.99. The average Bonchev–Trinajstić information content (AvgIpc) is 2.38. The van der Waals surface area contributed by atoms with Gasteiger partial charge in [-0.3, -0.25) is 9.36 Å². The molecule has 3 rings (SSSR count). The van der Waals surface area contributed by atoms with Crippen molar-refractivity contribution in [3.05, 3.63) is 39.9 Å². The molecule has 1 aliphatic rings. The van der Waals surface area contributed by atoms with Crippen molar-refractivity contribution in [2.45, 2.75) is 39.2 Å². The Morgan fingerprint density at radius 1 is 1.35 bits per heavy atom. The number of aromatic nitrogens is 2. The number of hydrogen-bond donors (Lipinski definition) is 0. The van der Waals surface area contributed by atoms with Gasteiger partial charge in [0.15, 0.2) is 0 Å². The van der Waals surface area contributed by atoms with Gasteiger partial charge in [0, 0.05) is 13.0 Å². The van der Waals surface area contributed by atoms with Crippen LogP contribution in [0.4, 0.5) is 0 Å². The van der Waals surface area contributed by atoms with Crippen LogP contribution in [0.2, 0.25) is 0 Å². The molecule has 0 aliphatic carbocycles. The molecule has 0 fully saturated rings. The van der Waals surface area contributed by atoms with Gasteiger partial charge >= 0.3 is 0 Å². The lowest BCUT2D eigenvalue weighted by atomic mass is 10.1. The first kappa shape index (κ1) is 10.5. The Hall–Kier alpha value is -1.64. The molecular weight excluding hydrogens is 212 g/mol. The second-order valence-corrected chi connectivity index (χ2v) is 4.61. The highest BCUT2D eigenvalue weighted by atomic mass is 16.1. The molecule has 0 bridgehead atoms. The topological polar surface area (TPSA) is 34.9 Å². The Morgan fingerprint density at radius 3 is 3.06 bits per heavy atom. The van der Waals surface area contributed by atoms with Crippen molar-refractivity contribution in [1.82, 2.24) is 9.55 Å². The first-order chi connectivity index (χ1) is 8.31. The van der Waals surface area contributed by atoms with E-state index in [0.29, 0.717) is 0 Å². The van der Waals surface area contributed by atoms with Crippen LogP contribution >= 0.6 is 0 Å². The number of fused-ring (bicyclic) bond motifs is 2. The lowest BCUT2D eigenvalue weighted by Gasteiger charge is -2.18. The molecule has 0 amide bonds. The van der Waals surface area contributed by atoms with Gasteiger partial charge in [-0.1, -0.05) is 19.1 Å². The van der Waals surface area contributed by atoms with Crippen molar-refractivity contribution >= 4 is 10.9 Å². The monoisotopic (exact) mass is 228 g/mol. The molecule has 0 radical (unpaired) electrons. The lowest BCUT2D eigenvalue weighted by molar-refractivity contribution is 0.501. The van der Waals surface area contributed by atoms with Gasteiger partial charge in [0.25, 0.3) is 5.56 Å². The van der Waals surface area contributed by atoms with Crippen molar-refractivity contribution in [2.75, 3.05) is 0 Å². The number of hydrogen-bond acceptors (Lipinski definition) is 2. The highest BCUT2D eigenvalue weighted by Gasteiger charge is 2.15. The molecule has 0 unspecified atom stereocenters. The predicted molar refractivity (Wildman–Crippen MR) is 68.3 cm³/mol. The van der Waals surface area contributed by atoms with E-state index in [2.05, 4.69) is 11.9 Å². The van der Waals surface area contributed by atoms with Crippen molar-refractivity contribution < 1.29 is 0 Å². The molecule has 1 aromatic heterocycles. The number of rotatable bonds is 1. The molecule has 0 saturated heterocycles. The molecule has 2 heterocycles. The summed E-state index contributed by atoms with van der Waals surface area (Å²) in [5.41, 5.74) is 2.13. The Bertz CT molecular complexity index is 628. The highest BCUT2D eigenvalue weighted by Crippen LogP contribution is 2.17. The van der Waals surface area contributed by atoms with E-state index in [0.717, 1.165) is 54.5 Å². The summed E-state index contributed by atoms with van der Waals surface area (Å²) in [5, 5.41) is 0.820.